The lowest BCUT2D eigenvalue weighted by Gasteiger charge is -2.03. The highest BCUT2D eigenvalue weighted by Crippen LogP contribution is 2.20. The molecule has 2 aromatic carbocycles. The predicted octanol–water partition coefficient (Wildman–Crippen LogP) is 2.86. The van der Waals surface area contributed by atoms with Crippen LogP contribution in [0.5, 0.6) is 0 Å². The molecule has 1 heterocycles. The molecule has 1 N–H and O–H groups in total. The highest BCUT2D eigenvalue weighted by Gasteiger charge is 2.10. The molecular weight excluding hydrogens is 264 g/mol. The third-order valence-electron chi connectivity index (χ3n) is 3.45. The number of H-pyrrole nitrogens is 1. The molecule has 3 aromatic rings. The molecule has 4 nitrogen and oxygen atoms in total. The summed E-state index contributed by atoms with van der Waals surface area (Å²) >= 11 is 0. The number of nitrogens with zero attached hydrogens (tertiary/aromatic N) is 1. The Labute approximate surface area is 122 Å². The van der Waals surface area contributed by atoms with Gasteiger partial charge in [-0.2, -0.15) is 0 Å². The molecule has 3 rings (SSSR count). The maximum absolute atomic E-state index is 11.0. The van der Waals surface area contributed by atoms with Crippen molar-refractivity contribution in [3.05, 3.63) is 70.7 Å². The molecule has 0 saturated heterocycles. The van der Waals surface area contributed by atoms with Crippen molar-refractivity contribution in [2.75, 3.05) is 0 Å². The number of aromatic amines is 1. The summed E-state index contributed by atoms with van der Waals surface area (Å²) in [6.45, 7) is 2.19. The molecule has 0 unspecified atom stereocenters. The Bertz CT molecular complexity index is 768. The highest BCUT2D eigenvalue weighted by molar-refractivity contribution is 5.64. The zero-order chi connectivity index (χ0) is 14.7. The average molecular weight is 281 g/mol. The van der Waals surface area contributed by atoms with Crippen molar-refractivity contribution in [3.63, 3.8) is 0 Å². The summed E-state index contributed by atoms with van der Waals surface area (Å²) in [5.74, 6) is 0. The molecule has 0 aliphatic rings. The van der Waals surface area contributed by atoms with Gasteiger partial charge in [0.05, 0.1) is 0 Å². The predicted molar refractivity (Wildman–Crippen MR) is 80.3 cm³/mol. The van der Waals surface area contributed by atoms with Crippen LogP contribution in [0.25, 0.3) is 16.8 Å². The van der Waals surface area contributed by atoms with Gasteiger partial charge in [0.25, 0.3) is 6.20 Å². The van der Waals surface area contributed by atoms with Gasteiger partial charge in [-0.3, -0.25) is 4.52 Å². The van der Waals surface area contributed by atoms with Crippen LogP contribution in [0, 0.1) is 0 Å². The Morgan fingerprint density at radius 1 is 1.00 bits per heavy atom. The molecule has 106 valence electrons. The molecule has 4 heteroatoms. The first-order chi connectivity index (χ1) is 10.3. The fourth-order valence-electron chi connectivity index (χ4n) is 2.35. The van der Waals surface area contributed by atoms with Crippen LogP contribution in [0.4, 0.5) is 0 Å². The fraction of sp³-hybridized carbons (Fsp3) is 0.176. The lowest BCUT2D eigenvalue weighted by molar-refractivity contribution is -0.670. The van der Waals surface area contributed by atoms with Crippen LogP contribution in [-0.4, -0.2) is 5.27 Å². The smallest absolute Gasteiger partial charge is 0.283 e. The van der Waals surface area contributed by atoms with Gasteiger partial charge in [-0.05, 0) is 45.2 Å². The van der Waals surface area contributed by atoms with E-state index in [1.165, 1.54) is 17.3 Å². The van der Waals surface area contributed by atoms with E-state index in [0.717, 1.165) is 24.1 Å². The lowest BCUT2D eigenvalue weighted by Crippen LogP contribution is -2.31. The maximum atomic E-state index is 11.0. The van der Waals surface area contributed by atoms with Gasteiger partial charge < -0.3 is 0 Å². The van der Waals surface area contributed by atoms with Gasteiger partial charge in [0.1, 0.15) is 0 Å². The Kier molecular flexibility index (Phi) is 3.69. The summed E-state index contributed by atoms with van der Waals surface area (Å²) in [5, 5.41) is 2.53. The quantitative estimate of drug-likeness (QED) is 0.748. The van der Waals surface area contributed by atoms with E-state index in [0.29, 0.717) is 0 Å². The Balaban J connectivity index is 1.85. The molecule has 0 radical (unpaired) electrons. The van der Waals surface area contributed by atoms with E-state index in [4.69, 9.17) is 0 Å². The number of hydrogen-bond acceptors (Lipinski definition) is 2. The van der Waals surface area contributed by atoms with Gasteiger partial charge in [0.2, 0.25) is 5.69 Å². The first-order valence-corrected chi connectivity index (χ1v) is 7.06. The number of nitrogens with one attached hydrogen (secondary N) is 1. The van der Waals surface area contributed by atoms with E-state index in [2.05, 4.69) is 41.0 Å². The molecule has 0 aliphatic carbocycles. The third-order valence-corrected chi connectivity index (χ3v) is 3.45. The molecular formula is C17H17N2O2+. The van der Waals surface area contributed by atoms with Gasteiger partial charge in [-0.15, -0.1) is 0 Å². The largest absolute Gasteiger partial charge is 0.427 e. The summed E-state index contributed by atoms with van der Waals surface area (Å²) in [4.78, 5) is 11.0. The van der Waals surface area contributed by atoms with Crippen LogP contribution in [0.1, 0.15) is 18.9 Å². The minimum atomic E-state index is -0.398. The molecule has 0 bridgehead atoms. The number of benzene rings is 2. The second-order valence-electron chi connectivity index (χ2n) is 5.01. The van der Waals surface area contributed by atoms with Crippen molar-refractivity contribution < 1.29 is 9.20 Å². The first-order valence-electron chi connectivity index (χ1n) is 7.06. The Hall–Kier alpha value is -2.62. The van der Waals surface area contributed by atoms with Crippen molar-refractivity contribution in [3.8, 4) is 16.8 Å². The summed E-state index contributed by atoms with van der Waals surface area (Å²) in [6, 6.07) is 16.6. The normalized spacial score (nSPS) is 10.7. The summed E-state index contributed by atoms with van der Waals surface area (Å²) in [5.41, 5.74) is 4.16. The number of rotatable bonds is 4. The Morgan fingerprint density at radius 2 is 1.62 bits per heavy atom. The topological polar surface area (TPSA) is 49.9 Å². The van der Waals surface area contributed by atoms with E-state index in [1.54, 1.807) is 4.68 Å². The Morgan fingerprint density at radius 3 is 2.14 bits per heavy atom. The summed E-state index contributed by atoms with van der Waals surface area (Å²) in [7, 11) is 0. The van der Waals surface area contributed by atoms with Gasteiger partial charge >= 0.3 is 5.63 Å². The van der Waals surface area contributed by atoms with Crippen LogP contribution >= 0.6 is 0 Å². The van der Waals surface area contributed by atoms with Gasteiger partial charge in [-0.1, -0.05) is 37.6 Å². The van der Waals surface area contributed by atoms with E-state index in [9.17, 15) is 4.79 Å². The molecule has 1 aromatic heterocycles. The van der Waals surface area contributed by atoms with Crippen LogP contribution in [0.3, 0.4) is 0 Å². The maximum Gasteiger partial charge on any atom is 0.427 e. The third kappa shape index (κ3) is 2.94. The van der Waals surface area contributed by atoms with Crippen molar-refractivity contribution in [2.24, 2.45) is 0 Å². The molecule has 0 spiro atoms. The lowest BCUT2D eigenvalue weighted by atomic mass is 10.0. The second-order valence-corrected chi connectivity index (χ2v) is 5.01. The minimum absolute atomic E-state index is 0.398. The molecule has 0 saturated carbocycles. The van der Waals surface area contributed by atoms with Crippen molar-refractivity contribution in [1.82, 2.24) is 5.27 Å². The van der Waals surface area contributed by atoms with Gasteiger partial charge in [-0.25, -0.2) is 4.79 Å². The summed E-state index contributed by atoms with van der Waals surface area (Å²) < 4.78 is 6.20. The van der Waals surface area contributed by atoms with Crippen molar-refractivity contribution in [2.45, 2.75) is 19.8 Å². The van der Waals surface area contributed by atoms with E-state index in [1.807, 2.05) is 24.3 Å². The van der Waals surface area contributed by atoms with Gasteiger partial charge in [0.15, 0.2) is 0 Å². The van der Waals surface area contributed by atoms with Crippen LogP contribution in [0.15, 0.2) is 64.0 Å². The molecule has 0 aliphatic heterocycles. The second kappa shape index (κ2) is 5.79. The number of aromatic nitrogens is 2. The zero-order valence-corrected chi connectivity index (χ0v) is 11.9. The van der Waals surface area contributed by atoms with E-state index < -0.39 is 5.63 Å². The molecule has 0 atom stereocenters. The van der Waals surface area contributed by atoms with Crippen LogP contribution in [0.2, 0.25) is 0 Å². The SMILES string of the molecule is CCCc1ccc(-c2ccc(-[n+]3cc(=O)o[nH]3)cc2)cc1. The standard InChI is InChI=1S/C17H16N2O2/c1-2-3-13-4-6-14(7-5-13)15-8-10-16(11-9-15)19-12-17(20)21-18-19/h4-12H,2-3H2,1H3/p+1. The zero-order valence-electron chi connectivity index (χ0n) is 11.9. The summed E-state index contributed by atoms with van der Waals surface area (Å²) in [6.07, 6.45) is 3.65. The molecule has 21 heavy (non-hydrogen) atoms. The van der Waals surface area contributed by atoms with E-state index in [-0.39, 0.29) is 0 Å². The number of aryl methyl sites for hydroxylation is 1. The number of hydrogen-bond donors (Lipinski definition) is 1. The average Bonchev–Trinajstić information content (AvgIpc) is 2.95. The molecule has 0 fully saturated rings. The van der Waals surface area contributed by atoms with Crippen LogP contribution in [-0.2, 0) is 6.42 Å². The minimum Gasteiger partial charge on any atom is -0.283 e. The van der Waals surface area contributed by atoms with Gasteiger partial charge in [0, 0.05) is 12.1 Å². The fourth-order valence-corrected chi connectivity index (χ4v) is 2.35. The highest BCUT2D eigenvalue weighted by atomic mass is 16.5. The molecule has 0 amide bonds. The van der Waals surface area contributed by atoms with Crippen LogP contribution < -0.4 is 10.3 Å². The van der Waals surface area contributed by atoms with Crippen molar-refractivity contribution in [1.29, 1.82) is 0 Å². The van der Waals surface area contributed by atoms with E-state index >= 15 is 0 Å². The van der Waals surface area contributed by atoms with Crippen molar-refractivity contribution >= 4 is 0 Å². The first kappa shape index (κ1) is 13.4. The monoisotopic (exact) mass is 281 g/mol.